The average molecular weight is 310 g/mol. The summed E-state index contributed by atoms with van der Waals surface area (Å²) in [4.78, 5) is 19.7. The fraction of sp³-hybridized carbons (Fsp3) is 0.0588. The van der Waals surface area contributed by atoms with Gasteiger partial charge in [-0.05, 0) is 36.4 Å². The van der Waals surface area contributed by atoms with Gasteiger partial charge in [0.05, 0.1) is 23.9 Å². The molecule has 4 rings (SSSR count). The van der Waals surface area contributed by atoms with Crippen LogP contribution in [0.5, 0.6) is 11.6 Å². The van der Waals surface area contributed by atoms with E-state index in [1.807, 2.05) is 0 Å². The molecule has 5 nitrogen and oxygen atoms in total. The number of nitrogens with one attached hydrogen (secondary N) is 1. The summed E-state index contributed by atoms with van der Waals surface area (Å²) >= 11 is 0. The van der Waals surface area contributed by atoms with E-state index in [0.29, 0.717) is 27.9 Å². The normalized spacial score (nSPS) is 13.3. The first kappa shape index (κ1) is 13.5. The number of aliphatic imine (C=N–C) groups is 1. The van der Waals surface area contributed by atoms with Crippen molar-refractivity contribution in [3.63, 3.8) is 0 Å². The van der Waals surface area contributed by atoms with Gasteiger partial charge in [-0.1, -0.05) is 0 Å². The molecule has 2 heterocycles. The van der Waals surface area contributed by atoms with Gasteiger partial charge in [-0.3, -0.25) is 4.79 Å². The van der Waals surface area contributed by atoms with Gasteiger partial charge < -0.3 is 14.8 Å². The molecule has 0 fully saturated rings. The monoisotopic (exact) mass is 310 g/mol. The van der Waals surface area contributed by atoms with E-state index in [1.165, 1.54) is 25.3 Å². The molecule has 114 valence electrons. The molecular formula is C17H11FN2O3. The van der Waals surface area contributed by atoms with Crippen molar-refractivity contribution >= 4 is 28.1 Å². The van der Waals surface area contributed by atoms with Crippen LogP contribution in [0.15, 0.2) is 41.4 Å². The Morgan fingerprint density at radius 3 is 2.83 bits per heavy atom. The lowest BCUT2D eigenvalue weighted by Crippen LogP contribution is -2.11. The lowest BCUT2D eigenvalue weighted by atomic mass is 10.0. The first-order valence-corrected chi connectivity index (χ1v) is 6.90. The maximum absolute atomic E-state index is 13.5. The number of aromatic amines is 1. The van der Waals surface area contributed by atoms with E-state index in [0.717, 1.165) is 0 Å². The van der Waals surface area contributed by atoms with E-state index >= 15 is 0 Å². The summed E-state index contributed by atoms with van der Waals surface area (Å²) in [7, 11) is 1.51. The fourth-order valence-electron chi connectivity index (χ4n) is 2.78. The van der Waals surface area contributed by atoms with Crippen molar-refractivity contribution in [3.8, 4) is 11.6 Å². The molecule has 0 bridgehead atoms. The maximum atomic E-state index is 13.5. The summed E-state index contributed by atoms with van der Waals surface area (Å²) in [5.41, 5.74) is 1.71. The molecule has 0 saturated heterocycles. The minimum absolute atomic E-state index is 0.0857. The molecule has 0 atom stereocenters. The molecule has 2 aromatic carbocycles. The third kappa shape index (κ3) is 1.92. The molecule has 2 N–H and O–H groups in total. The number of Topliss-reactive ketones (excluding diaryl/α,β-unsaturated/α-hetero) is 1. The molecule has 0 unspecified atom stereocenters. The molecule has 0 amide bonds. The zero-order valence-electron chi connectivity index (χ0n) is 12.1. The van der Waals surface area contributed by atoms with Crippen LogP contribution < -0.4 is 4.74 Å². The Hall–Kier alpha value is -3.15. The van der Waals surface area contributed by atoms with E-state index in [9.17, 15) is 14.3 Å². The Balaban J connectivity index is 1.92. The van der Waals surface area contributed by atoms with Gasteiger partial charge in [0.15, 0.2) is 5.88 Å². The Labute approximate surface area is 130 Å². The first-order chi connectivity index (χ1) is 11.1. The predicted molar refractivity (Wildman–Crippen MR) is 83.4 cm³/mol. The number of aromatic nitrogens is 1. The number of fused-ring (bicyclic) bond motifs is 2. The van der Waals surface area contributed by atoms with Crippen molar-refractivity contribution in [2.24, 2.45) is 4.99 Å². The molecule has 1 aliphatic heterocycles. The van der Waals surface area contributed by atoms with E-state index in [2.05, 4.69) is 9.98 Å². The highest BCUT2D eigenvalue weighted by Crippen LogP contribution is 2.36. The highest BCUT2D eigenvalue weighted by Gasteiger charge is 2.30. The second kappa shape index (κ2) is 4.67. The minimum atomic E-state index is -0.456. The number of carbonyl (C=O) groups excluding carboxylic acids is 1. The standard InChI is InChI=1S/C17H11FN2O3/c1-23-9-3-5-13-11(7-9)16(21)15(19-13)14-10-6-8(18)2-4-12(10)20-17(14)22/h2-7,20,22H,1H3. The van der Waals surface area contributed by atoms with Gasteiger partial charge in [0, 0.05) is 10.9 Å². The molecule has 0 radical (unpaired) electrons. The zero-order chi connectivity index (χ0) is 16.1. The number of H-pyrrole nitrogens is 1. The van der Waals surface area contributed by atoms with Crippen molar-refractivity contribution < 1.29 is 19.0 Å². The van der Waals surface area contributed by atoms with Gasteiger partial charge >= 0.3 is 0 Å². The summed E-state index contributed by atoms with van der Waals surface area (Å²) in [6.45, 7) is 0. The SMILES string of the molecule is COc1ccc2c(c1)C(=O)C(c1c(O)[nH]c3ccc(F)cc13)=N2. The van der Waals surface area contributed by atoms with Gasteiger partial charge in [0.25, 0.3) is 0 Å². The largest absolute Gasteiger partial charge is 0.497 e. The molecule has 6 heteroatoms. The highest BCUT2D eigenvalue weighted by molar-refractivity contribution is 6.56. The summed E-state index contributed by atoms with van der Waals surface area (Å²) in [6.07, 6.45) is 0. The summed E-state index contributed by atoms with van der Waals surface area (Å²) in [6, 6.07) is 9.02. The lowest BCUT2D eigenvalue weighted by molar-refractivity contribution is 0.106. The van der Waals surface area contributed by atoms with Gasteiger partial charge in [0.1, 0.15) is 17.3 Å². The predicted octanol–water partition coefficient (Wildman–Crippen LogP) is 3.34. The van der Waals surface area contributed by atoms with Gasteiger partial charge in [-0.15, -0.1) is 0 Å². The molecule has 0 spiro atoms. The number of ketones is 1. The van der Waals surface area contributed by atoms with Gasteiger partial charge in [0.2, 0.25) is 5.78 Å². The molecule has 23 heavy (non-hydrogen) atoms. The van der Waals surface area contributed by atoms with Crippen LogP contribution in [0.1, 0.15) is 15.9 Å². The van der Waals surface area contributed by atoms with E-state index in [1.54, 1.807) is 18.2 Å². The second-order valence-corrected chi connectivity index (χ2v) is 5.21. The van der Waals surface area contributed by atoms with Crippen LogP contribution in [0.4, 0.5) is 10.1 Å². The molecule has 0 aliphatic carbocycles. The number of benzene rings is 2. The summed E-state index contributed by atoms with van der Waals surface area (Å²) < 4.78 is 18.6. The van der Waals surface area contributed by atoms with Crippen LogP contribution in [0.25, 0.3) is 10.9 Å². The van der Waals surface area contributed by atoms with Crippen LogP contribution in [-0.2, 0) is 0 Å². The molecular weight excluding hydrogens is 299 g/mol. The van der Waals surface area contributed by atoms with Crippen molar-refractivity contribution in [2.45, 2.75) is 0 Å². The van der Waals surface area contributed by atoms with Crippen molar-refractivity contribution in [1.29, 1.82) is 0 Å². The Bertz CT molecular complexity index is 1000. The number of hydrogen-bond donors (Lipinski definition) is 2. The summed E-state index contributed by atoms with van der Waals surface area (Å²) in [5, 5.41) is 10.6. The number of ether oxygens (including phenoxy) is 1. The number of carbonyl (C=O) groups is 1. The third-order valence-corrected chi connectivity index (χ3v) is 3.87. The van der Waals surface area contributed by atoms with Crippen LogP contribution in [0.3, 0.4) is 0 Å². The topological polar surface area (TPSA) is 74.7 Å². The number of halogens is 1. The number of aromatic hydroxyl groups is 1. The van der Waals surface area contributed by atoms with E-state index in [-0.39, 0.29) is 22.9 Å². The Morgan fingerprint density at radius 1 is 1.22 bits per heavy atom. The number of methoxy groups -OCH3 is 1. The Kier molecular flexibility index (Phi) is 2.74. The number of rotatable bonds is 2. The third-order valence-electron chi connectivity index (χ3n) is 3.87. The quantitative estimate of drug-likeness (QED) is 0.762. The van der Waals surface area contributed by atoms with E-state index < -0.39 is 5.82 Å². The zero-order valence-corrected chi connectivity index (χ0v) is 12.1. The van der Waals surface area contributed by atoms with Crippen molar-refractivity contribution in [1.82, 2.24) is 4.98 Å². The van der Waals surface area contributed by atoms with Crippen LogP contribution in [-0.4, -0.2) is 28.7 Å². The van der Waals surface area contributed by atoms with Crippen LogP contribution in [0.2, 0.25) is 0 Å². The lowest BCUT2D eigenvalue weighted by Gasteiger charge is -2.01. The van der Waals surface area contributed by atoms with E-state index in [4.69, 9.17) is 4.74 Å². The minimum Gasteiger partial charge on any atom is -0.497 e. The fourth-order valence-corrected chi connectivity index (χ4v) is 2.78. The number of nitrogens with zero attached hydrogens (tertiary/aromatic N) is 1. The molecule has 1 aromatic heterocycles. The van der Waals surface area contributed by atoms with Gasteiger partial charge in [-0.25, -0.2) is 9.38 Å². The van der Waals surface area contributed by atoms with Gasteiger partial charge in [-0.2, -0.15) is 0 Å². The summed E-state index contributed by atoms with van der Waals surface area (Å²) in [5.74, 6) is -0.456. The molecule has 0 saturated carbocycles. The number of hydrogen-bond acceptors (Lipinski definition) is 4. The smallest absolute Gasteiger partial charge is 0.214 e. The molecule has 3 aromatic rings. The first-order valence-electron chi connectivity index (χ1n) is 6.90. The maximum Gasteiger partial charge on any atom is 0.214 e. The second-order valence-electron chi connectivity index (χ2n) is 5.21. The Morgan fingerprint density at radius 2 is 2.04 bits per heavy atom. The molecule has 1 aliphatic rings. The van der Waals surface area contributed by atoms with Crippen molar-refractivity contribution in [2.75, 3.05) is 7.11 Å². The van der Waals surface area contributed by atoms with Crippen molar-refractivity contribution in [3.05, 3.63) is 53.3 Å². The average Bonchev–Trinajstić information content (AvgIpc) is 3.03. The van der Waals surface area contributed by atoms with Crippen LogP contribution >= 0.6 is 0 Å². The highest BCUT2D eigenvalue weighted by atomic mass is 19.1. The van der Waals surface area contributed by atoms with Crippen LogP contribution in [0, 0.1) is 5.82 Å².